The van der Waals surface area contributed by atoms with Crippen molar-refractivity contribution in [1.82, 2.24) is 0 Å². The van der Waals surface area contributed by atoms with Gasteiger partial charge in [0, 0.05) is 19.8 Å². The van der Waals surface area contributed by atoms with Crippen molar-refractivity contribution in [1.29, 1.82) is 0 Å². The van der Waals surface area contributed by atoms with Crippen LogP contribution in [0.4, 0.5) is 0 Å². The van der Waals surface area contributed by atoms with Crippen LogP contribution in [0, 0.1) is 70.0 Å². The van der Waals surface area contributed by atoms with E-state index in [9.17, 15) is 0 Å². The fourth-order valence-corrected chi connectivity index (χ4v) is 10.5. The Morgan fingerprint density at radius 3 is 1.30 bits per heavy atom. The van der Waals surface area contributed by atoms with E-state index in [0.29, 0.717) is 29.6 Å². The molecular weight excluding hydrogens is 697 g/mol. The summed E-state index contributed by atoms with van der Waals surface area (Å²) >= 11 is 0. The summed E-state index contributed by atoms with van der Waals surface area (Å²) in [5, 5.41) is 0. The van der Waals surface area contributed by atoms with Crippen LogP contribution in [0.1, 0.15) is 240 Å². The second-order valence-electron chi connectivity index (χ2n) is 22.9. The maximum atomic E-state index is 5.75. The lowest BCUT2D eigenvalue weighted by atomic mass is 9.64. The van der Waals surface area contributed by atoms with Crippen LogP contribution < -0.4 is 0 Å². The van der Waals surface area contributed by atoms with E-state index in [1.165, 1.54) is 128 Å². The normalized spacial score (nSPS) is 29.3. The molecule has 0 N–H and O–H groups in total. The van der Waals surface area contributed by atoms with Crippen molar-refractivity contribution in [2.24, 2.45) is 70.0 Å². The maximum Gasteiger partial charge on any atom is 0.0611 e. The average molecular weight is 805 g/mol. The van der Waals surface area contributed by atoms with Crippen molar-refractivity contribution in [3.63, 3.8) is 0 Å². The van der Waals surface area contributed by atoms with E-state index in [-0.39, 0.29) is 7.43 Å². The van der Waals surface area contributed by atoms with Gasteiger partial charge in [-0.15, -0.1) is 0 Å². The van der Waals surface area contributed by atoms with Gasteiger partial charge in [-0.3, -0.25) is 0 Å². The molecule has 0 spiro atoms. The van der Waals surface area contributed by atoms with Crippen molar-refractivity contribution >= 4 is 0 Å². The van der Waals surface area contributed by atoms with Gasteiger partial charge in [-0.1, -0.05) is 163 Å². The molecule has 0 aromatic carbocycles. The van der Waals surface area contributed by atoms with Crippen molar-refractivity contribution < 1.29 is 14.2 Å². The molecule has 2 bridgehead atoms. The highest BCUT2D eigenvalue weighted by Crippen LogP contribution is 2.46. The Hall–Kier alpha value is -0.120. The first-order valence-corrected chi connectivity index (χ1v) is 25.2. The first-order chi connectivity index (χ1) is 26.3. The summed E-state index contributed by atoms with van der Waals surface area (Å²) in [6, 6.07) is 0. The summed E-state index contributed by atoms with van der Waals surface area (Å²) in [5.74, 6) is 8.99. The van der Waals surface area contributed by atoms with Gasteiger partial charge in [0.15, 0.2) is 0 Å². The minimum atomic E-state index is 0. The van der Waals surface area contributed by atoms with Crippen LogP contribution >= 0.6 is 0 Å². The lowest BCUT2D eigenvalue weighted by Gasteiger charge is -2.42. The van der Waals surface area contributed by atoms with Crippen LogP contribution in [0.5, 0.6) is 0 Å². The zero-order chi connectivity index (χ0) is 41.9. The summed E-state index contributed by atoms with van der Waals surface area (Å²) in [6.07, 6.45) is 29.9. The molecule has 57 heavy (non-hydrogen) atoms. The van der Waals surface area contributed by atoms with Crippen LogP contribution in [-0.4, -0.2) is 38.1 Å². The average Bonchev–Trinajstić information content (AvgIpc) is 3.81. The van der Waals surface area contributed by atoms with Gasteiger partial charge in [0.2, 0.25) is 0 Å². The minimum absolute atomic E-state index is 0. The van der Waals surface area contributed by atoms with Crippen molar-refractivity contribution in [3.05, 3.63) is 0 Å². The molecule has 3 saturated carbocycles. The second kappa shape index (κ2) is 28.5. The maximum absolute atomic E-state index is 5.75. The molecule has 4 saturated heterocycles. The molecule has 4 heterocycles. The second-order valence-corrected chi connectivity index (χ2v) is 22.9. The number of hydrogen-bond acceptors (Lipinski definition) is 3. The van der Waals surface area contributed by atoms with Crippen LogP contribution in [0.15, 0.2) is 0 Å². The molecule has 4 aliphatic heterocycles. The molecule has 5 atom stereocenters. The molecule has 7 rings (SSSR count). The number of fused-ring (bicyclic) bond motifs is 2. The van der Waals surface area contributed by atoms with E-state index in [4.69, 9.17) is 14.2 Å². The van der Waals surface area contributed by atoms with Crippen LogP contribution in [0.2, 0.25) is 0 Å². The Morgan fingerprint density at radius 2 is 1.02 bits per heavy atom. The standard InChI is InChI=1S/C11H22.C9H16O.C9H18.2C8H16O.C8H16.CH4/c1-9(2)10-6-5-7-11(3,4)8-10;1-6(2)8-5-7-3-4-9(8)10-7;1-8(2)9-6-4-3-5-7-9;1-7(2)8-3-5-9-6-4-8;1-7(2)8-5-3-4-6-9-8;1-7(2)8(3)5-4-6-8;/h9-10H,5-8H2,1-4H3;6-9H,3-5H2,1-2H3;8-9H,3-7H2,1-2H3;2*7-8H,3-6H2,1-2H3;7H,4-6H2,1-3H3;1H4. The van der Waals surface area contributed by atoms with E-state index in [0.717, 1.165) is 78.5 Å². The highest BCUT2D eigenvalue weighted by Gasteiger charge is 2.41. The first kappa shape index (κ1) is 54.9. The van der Waals surface area contributed by atoms with Gasteiger partial charge in [-0.25, -0.2) is 0 Å². The summed E-state index contributed by atoms with van der Waals surface area (Å²) in [6.45, 7) is 38.0. The van der Waals surface area contributed by atoms with Gasteiger partial charge in [0.25, 0.3) is 0 Å². The lowest BCUT2D eigenvalue weighted by molar-refractivity contribution is -0.0115. The third-order valence-electron chi connectivity index (χ3n) is 15.8. The van der Waals surface area contributed by atoms with Crippen LogP contribution in [-0.2, 0) is 14.2 Å². The zero-order valence-corrected chi connectivity index (χ0v) is 41.0. The summed E-state index contributed by atoms with van der Waals surface area (Å²) < 4.78 is 16.5. The first-order valence-electron chi connectivity index (χ1n) is 25.2. The minimum Gasteiger partial charge on any atom is -0.381 e. The summed E-state index contributed by atoms with van der Waals surface area (Å²) in [7, 11) is 0. The van der Waals surface area contributed by atoms with E-state index in [1.54, 1.807) is 0 Å². The van der Waals surface area contributed by atoms with Gasteiger partial charge in [-0.05, 0) is 147 Å². The van der Waals surface area contributed by atoms with Crippen molar-refractivity contribution in [2.75, 3.05) is 19.8 Å². The van der Waals surface area contributed by atoms with Crippen molar-refractivity contribution in [2.45, 2.75) is 258 Å². The molecule has 3 nitrogen and oxygen atoms in total. The fraction of sp³-hybridized carbons (Fsp3) is 1.00. The molecule has 0 radical (unpaired) electrons. The fourth-order valence-electron chi connectivity index (χ4n) is 10.5. The molecule has 342 valence electrons. The van der Waals surface area contributed by atoms with Gasteiger partial charge >= 0.3 is 0 Å². The molecule has 3 aliphatic carbocycles. The van der Waals surface area contributed by atoms with Gasteiger partial charge in [0.1, 0.15) is 0 Å². The van der Waals surface area contributed by atoms with Crippen molar-refractivity contribution in [3.8, 4) is 0 Å². The molecule has 3 heteroatoms. The molecular formula is C54H108O3. The predicted octanol–water partition coefficient (Wildman–Crippen LogP) is 17.0. The summed E-state index contributed by atoms with van der Waals surface area (Å²) in [5.41, 5.74) is 1.35. The van der Waals surface area contributed by atoms with E-state index in [2.05, 4.69) is 104 Å². The predicted molar refractivity (Wildman–Crippen MR) is 253 cm³/mol. The lowest BCUT2D eigenvalue weighted by Crippen LogP contribution is -2.30. The number of hydrogen-bond donors (Lipinski definition) is 0. The highest BCUT2D eigenvalue weighted by atomic mass is 16.5. The third-order valence-corrected chi connectivity index (χ3v) is 15.8. The third kappa shape index (κ3) is 21.5. The van der Waals surface area contributed by atoms with E-state index >= 15 is 0 Å². The van der Waals surface area contributed by atoms with E-state index in [1.807, 2.05) is 0 Å². The molecule has 7 fully saturated rings. The van der Waals surface area contributed by atoms with Gasteiger partial charge < -0.3 is 14.2 Å². The van der Waals surface area contributed by atoms with Gasteiger partial charge in [0.05, 0.1) is 18.3 Å². The summed E-state index contributed by atoms with van der Waals surface area (Å²) in [4.78, 5) is 0. The Balaban J connectivity index is 0.000000342. The Morgan fingerprint density at radius 1 is 0.474 bits per heavy atom. The number of ether oxygens (including phenoxy) is 3. The highest BCUT2D eigenvalue weighted by molar-refractivity contribution is 4.90. The Labute approximate surface area is 360 Å². The van der Waals surface area contributed by atoms with E-state index < -0.39 is 0 Å². The smallest absolute Gasteiger partial charge is 0.0611 e. The largest absolute Gasteiger partial charge is 0.381 e. The van der Waals surface area contributed by atoms with Crippen LogP contribution in [0.25, 0.3) is 0 Å². The molecule has 0 amide bonds. The molecule has 0 aromatic heterocycles. The Kier molecular flexibility index (Phi) is 27.4. The SMILES string of the molecule is C.CC(C)C1(C)CCC1.CC(C)C1CC2CCC1O2.CC(C)C1CCCC(C)(C)C1.CC(C)C1CCCCC1.CC(C)C1CCCCO1.CC(C)C1CCOCC1. The monoisotopic (exact) mass is 805 g/mol. The molecule has 7 aliphatic rings. The number of rotatable bonds is 6. The topological polar surface area (TPSA) is 27.7 Å². The van der Waals surface area contributed by atoms with Crippen LogP contribution in [0.3, 0.4) is 0 Å². The molecule has 0 aromatic rings. The Bertz CT molecular complexity index is 890. The quantitative estimate of drug-likeness (QED) is 0.268. The molecule has 5 unspecified atom stereocenters. The zero-order valence-electron chi connectivity index (χ0n) is 41.0. The van der Waals surface area contributed by atoms with Gasteiger partial charge in [-0.2, -0.15) is 0 Å².